The number of hydrogen-bond donors (Lipinski definition) is 1. The van der Waals surface area contributed by atoms with E-state index < -0.39 is 11.9 Å². The smallest absolute Gasteiger partial charge is 0.306 e. The number of rotatable bonds is 3. The summed E-state index contributed by atoms with van der Waals surface area (Å²) in [5.74, 6) is -0.551. The molecule has 4 aromatic rings. The maximum absolute atomic E-state index is 13.8. The maximum atomic E-state index is 13.8. The number of carbonyl (C=O) groups excluding carboxylic acids is 1. The molecule has 5 nitrogen and oxygen atoms in total. The minimum Gasteiger partial charge on any atom is -0.496 e. The van der Waals surface area contributed by atoms with Crippen LogP contribution in [0.3, 0.4) is 0 Å². The summed E-state index contributed by atoms with van der Waals surface area (Å²) in [6.45, 7) is 0. The highest BCUT2D eigenvalue weighted by atomic mass is 16.5. The van der Waals surface area contributed by atoms with Crippen LogP contribution in [0, 0.1) is 5.92 Å². The second-order valence-electron chi connectivity index (χ2n) is 7.72. The highest BCUT2D eigenvalue weighted by Crippen LogP contribution is 2.36. The third kappa shape index (κ3) is 2.70. The van der Waals surface area contributed by atoms with Gasteiger partial charge in [-0.05, 0) is 48.4 Å². The first kappa shape index (κ1) is 18.4. The van der Waals surface area contributed by atoms with Crippen molar-refractivity contribution in [2.45, 2.75) is 19.3 Å². The van der Waals surface area contributed by atoms with E-state index in [-0.39, 0.29) is 5.91 Å². The monoisotopic (exact) mass is 399 g/mol. The van der Waals surface area contributed by atoms with E-state index in [0.29, 0.717) is 24.8 Å². The summed E-state index contributed by atoms with van der Waals surface area (Å²) in [6.07, 6.45) is 1.56. The van der Waals surface area contributed by atoms with E-state index in [9.17, 15) is 14.7 Å². The first-order valence-electron chi connectivity index (χ1n) is 10.0. The minimum atomic E-state index is -0.773. The number of aromatic nitrogens is 1. The number of carboxylic acids is 1. The van der Waals surface area contributed by atoms with Crippen LogP contribution in [0.1, 0.15) is 28.0 Å². The molecule has 1 heterocycles. The van der Waals surface area contributed by atoms with E-state index in [2.05, 4.69) is 0 Å². The number of carbonyl (C=O) groups is 2. The zero-order chi connectivity index (χ0) is 20.8. The van der Waals surface area contributed by atoms with Crippen molar-refractivity contribution in [1.82, 2.24) is 4.57 Å². The quantitative estimate of drug-likeness (QED) is 0.543. The molecule has 5 heteroatoms. The average Bonchev–Trinajstić information content (AvgIpc) is 3.11. The van der Waals surface area contributed by atoms with E-state index in [0.717, 1.165) is 38.7 Å². The standard InChI is InChI=1S/C25H21NO4/c1-30-23-13-11-19(16-6-2-3-8-18(16)23)24(27)26-21-9-5-4-7-17(21)20-14-15(25(28)29)10-12-22(20)26/h2-9,11,13,15H,10,12,14H2,1H3,(H,28,29). The third-order valence-electron chi connectivity index (χ3n) is 6.16. The van der Waals surface area contributed by atoms with Crippen molar-refractivity contribution < 1.29 is 19.4 Å². The molecule has 0 bridgehead atoms. The molecule has 0 aliphatic heterocycles. The molecule has 0 radical (unpaired) electrons. The summed E-state index contributed by atoms with van der Waals surface area (Å²) in [4.78, 5) is 25.4. The normalized spacial score (nSPS) is 15.8. The Bertz CT molecular complexity index is 1320. The van der Waals surface area contributed by atoms with Gasteiger partial charge >= 0.3 is 5.97 Å². The van der Waals surface area contributed by atoms with Gasteiger partial charge in [0.05, 0.1) is 18.5 Å². The highest BCUT2D eigenvalue weighted by molar-refractivity contribution is 6.12. The highest BCUT2D eigenvalue weighted by Gasteiger charge is 2.31. The van der Waals surface area contributed by atoms with Crippen molar-refractivity contribution >= 4 is 33.6 Å². The minimum absolute atomic E-state index is 0.0971. The van der Waals surface area contributed by atoms with E-state index in [1.54, 1.807) is 11.7 Å². The summed E-state index contributed by atoms with van der Waals surface area (Å²) >= 11 is 0. The van der Waals surface area contributed by atoms with E-state index in [1.807, 2.05) is 60.7 Å². The number of carboxylic acid groups (broad SMARTS) is 1. The summed E-state index contributed by atoms with van der Waals surface area (Å²) in [6, 6.07) is 19.1. The molecule has 1 aliphatic carbocycles. The van der Waals surface area contributed by atoms with E-state index in [4.69, 9.17) is 4.74 Å². The van der Waals surface area contributed by atoms with Crippen LogP contribution in [0.25, 0.3) is 21.7 Å². The molecule has 0 saturated heterocycles. The molecule has 0 amide bonds. The van der Waals surface area contributed by atoms with Crippen molar-refractivity contribution in [3.8, 4) is 5.75 Å². The number of benzene rings is 3. The summed E-state index contributed by atoms with van der Waals surface area (Å²) < 4.78 is 7.26. The van der Waals surface area contributed by atoms with Crippen molar-refractivity contribution in [1.29, 1.82) is 0 Å². The number of nitrogens with zero attached hydrogens (tertiary/aromatic N) is 1. The second kappa shape index (κ2) is 7.02. The van der Waals surface area contributed by atoms with Gasteiger partial charge in [-0.3, -0.25) is 14.2 Å². The lowest BCUT2D eigenvalue weighted by Crippen LogP contribution is -2.24. The molecule has 0 spiro atoms. The first-order valence-corrected chi connectivity index (χ1v) is 10.0. The Labute approximate surface area is 173 Å². The lowest BCUT2D eigenvalue weighted by atomic mass is 9.86. The predicted octanol–water partition coefficient (Wildman–Crippen LogP) is 4.68. The first-order chi connectivity index (χ1) is 14.6. The van der Waals surface area contributed by atoms with Crippen LogP contribution < -0.4 is 4.74 Å². The lowest BCUT2D eigenvalue weighted by molar-refractivity contribution is -0.142. The van der Waals surface area contributed by atoms with Gasteiger partial charge in [-0.2, -0.15) is 0 Å². The fourth-order valence-electron chi connectivity index (χ4n) is 4.71. The molecule has 1 N–H and O–H groups in total. The van der Waals surface area contributed by atoms with Crippen LogP contribution in [-0.2, 0) is 17.6 Å². The van der Waals surface area contributed by atoms with E-state index in [1.165, 1.54) is 0 Å². The molecule has 1 atom stereocenters. The number of aliphatic carboxylic acids is 1. The summed E-state index contributed by atoms with van der Waals surface area (Å²) in [5.41, 5.74) is 3.35. The Morgan fingerprint density at radius 3 is 2.40 bits per heavy atom. The Kier molecular flexibility index (Phi) is 4.31. The van der Waals surface area contributed by atoms with Crippen LogP contribution in [0.15, 0.2) is 60.7 Å². The molecule has 150 valence electrons. The Hall–Kier alpha value is -3.60. The fraction of sp³-hybridized carbons (Fsp3) is 0.200. The van der Waals surface area contributed by atoms with Gasteiger partial charge < -0.3 is 9.84 Å². The summed E-state index contributed by atoms with van der Waals surface area (Å²) in [5, 5.41) is 12.2. The third-order valence-corrected chi connectivity index (χ3v) is 6.16. The number of methoxy groups -OCH3 is 1. The fourth-order valence-corrected chi connectivity index (χ4v) is 4.71. The van der Waals surface area contributed by atoms with Crippen LogP contribution in [-0.4, -0.2) is 28.7 Å². The molecule has 0 saturated carbocycles. The molecule has 1 aromatic heterocycles. The van der Waals surface area contributed by atoms with Crippen LogP contribution >= 0.6 is 0 Å². The molecule has 1 aliphatic rings. The molecule has 5 rings (SSSR count). The van der Waals surface area contributed by atoms with Gasteiger partial charge in [-0.25, -0.2) is 0 Å². The predicted molar refractivity (Wildman–Crippen MR) is 115 cm³/mol. The van der Waals surface area contributed by atoms with Crippen LogP contribution in [0.2, 0.25) is 0 Å². The number of para-hydroxylation sites is 1. The molecule has 1 unspecified atom stereocenters. The number of fused-ring (bicyclic) bond motifs is 4. The molecule has 0 fully saturated rings. The zero-order valence-corrected chi connectivity index (χ0v) is 16.6. The molecule has 3 aromatic carbocycles. The molecule has 30 heavy (non-hydrogen) atoms. The maximum Gasteiger partial charge on any atom is 0.306 e. The van der Waals surface area contributed by atoms with Crippen molar-refractivity contribution in [2.75, 3.05) is 7.11 Å². The molecular weight excluding hydrogens is 378 g/mol. The van der Waals surface area contributed by atoms with Crippen molar-refractivity contribution in [3.05, 3.63) is 77.5 Å². The summed E-state index contributed by atoms with van der Waals surface area (Å²) in [7, 11) is 1.62. The van der Waals surface area contributed by atoms with Gasteiger partial charge in [-0.1, -0.05) is 42.5 Å². The molecular formula is C25H21NO4. The van der Waals surface area contributed by atoms with Crippen molar-refractivity contribution in [3.63, 3.8) is 0 Å². The Balaban J connectivity index is 1.73. The topological polar surface area (TPSA) is 68.5 Å². The Morgan fingerprint density at radius 1 is 0.967 bits per heavy atom. The van der Waals surface area contributed by atoms with Gasteiger partial charge in [0.1, 0.15) is 5.75 Å². The zero-order valence-electron chi connectivity index (χ0n) is 16.6. The van der Waals surface area contributed by atoms with Crippen molar-refractivity contribution in [2.24, 2.45) is 5.92 Å². The average molecular weight is 399 g/mol. The van der Waals surface area contributed by atoms with Gasteiger partial charge in [0, 0.05) is 22.0 Å². The second-order valence-corrected chi connectivity index (χ2v) is 7.72. The number of hydrogen-bond acceptors (Lipinski definition) is 3. The van der Waals surface area contributed by atoms with E-state index >= 15 is 0 Å². The Morgan fingerprint density at radius 2 is 1.67 bits per heavy atom. The van der Waals surface area contributed by atoms with Crippen LogP contribution in [0.5, 0.6) is 5.75 Å². The number of ether oxygens (including phenoxy) is 1. The van der Waals surface area contributed by atoms with Gasteiger partial charge in [-0.15, -0.1) is 0 Å². The SMILES string of the molecule is COc1ccc(C(=O)n2c3c(c4ccccc42)CC(C(=O)O)CC3)c2ccccc12. The van der Waals surface area contributed by atoms with Gasteiger partial charge in [0.25, 0.3) is 5.91 Å². The lowest BCUT2D eigenvalue weighted by Gasteiger charge is -2.21. The van der Waals surface area contributed by atoms with Gasteiger partial charge in [0.2, 0.25) is 0 Å². The van der Waals surface area contributed by atoms with Crippen LogP contribution in [0.4, 0.5) is 0 Å². The largest absolute Gasteiger partial charge is 0.496 e. The van der Waals surface area contributed by atoms with Gasteiger partial charge in [0.15, 0.2) is 0 Å².